The minimum atomic E-state index is -0.118. The van der Waals surface area contributed by atoms with Gasteiger partial charge in [0.05, 0.1) is 0 Å². The topological polar surface area (TPSA) is 15.8 Å². The third-order valence-electron chi connectivity index (χ3n) is 3.43. The molecule has 0 atom stereocenters. The fraction of sp³-hybridized carbons (Fsp3) is 0.385. The monoisotopic (exact) mass is 203 g/mol. The molecule has 3 rings (SSSR count). The smallest absolute Gasteiger partial charge is 0.132 e. The van der Waals surface area contributed by atoms with Gasteiger partial charge < -0.3 is 4.98 Å². The number of H-pyrrole nitrogens is 1. The fourth-order valence-corrected chi connectivity index (χ4v) is 2.60. The third-order valence-corrected chi connectivity index (χ3v) is 3.43. The van der Waals surface area contributed by atoms with Crippen LogP contribution in [0.5, 0.6) is 0 Å². The van der Waals surface area contributed by atoms with E-state index in [1.54, 1.807) is 6.07 Å². The summed E-state index contributed by atoms with van der Waals surface area (Å²) < 4.78 is 13.5. The molecule has 1 fully saturated rings. The number of aromatic nitrogens is 1. The van der Waals surface area contributed by atoms with Crippen LogP contribution in [0.4, 0.5) is 4.39 Å². The molecular formula is C13H14FN. The minimum Gasteiger partial charge on any atom is -0.358 e. The Labute approximate surface area is 88.3 Å². The van der Waals surface area contributed by atoms with E-state index in [0.717, 1.165) is 10.9 Å². The van der Waals surface area contributed by atoms with E-state index in [4.69, 9.17) is 0 Å². The number of aromatic amines is 1. The molecule has 15 heavy (non-hydrogen) atoms. The van der Waals surface area contributed by atoms with Gasteiger partial charge in [0.2, 0.25) is 0 Å². The molecule has 1 saturated carbocycles. The Hall–Kier alpha value is -1.31. The lowest BCUT2D eigenvalue weighted by atomic mass is 10.0. The van der Waals surface area contributed by atoms with Crippen LogP contribution in [0.2, 0.25) is 0 Å². The summed E-state index contributed by atoms with van der Waals surface area (Å²) in [4.78, 5) is 3.34. The first-order chi connectivity index (χ1) is 7.34. The van der Waals surface area contributed by atoms with Crippen LogP contribution in [0.3, 0.4) is 0 Å². The van der Waals surface area contributed by atoms with Crippen LogP contribution in [0.1, 0.15) is 37.3 Å². The summed E-state index contributed by atoms with van der Waals surface area (Å²) in [5, 5.41) is 0.736. The maximum absolute atomic E-state index is 13.5. The summed E-state index contributed by atoms with van der Waals surface area (Å²) >= 11 is 0. The van der Waals surface area contributed by atoms with Gasteiger partial charge in [-0.2, -0.15) is 0 Å². The standard InChI is InChI=1S/C13H14FN/c14-11-6-3-7-12-10(11)8-13(15-12)9-4-1-2-5-9/h3,6-9,15H,1-2,4-5H2. The number of halogens is 1. The largest absolute Gasteiger partial charge is 0.358 e. The molecule has 0 amide bonds. The average Bonchev–Trinajstić information content (AvgIpc) is 2.86. The summed E-state index contributed by atoms with van der Waals surface area (Å²) in [6.45, 7) is 0. The number of benzene rings is 1. The van der Waals surface area contributed by atoms with Crippen LogP contribution < -0.4 is 0 Å². The molecule has 2 aromatic rings. The highest BCUT2D eigenvalue weighted by Crippen LogP contribution is 2.35. The fourth-order valence-electron chi connectivity index (χ4n) is 2.60. The Morgan fingerprint density at radius 3 is 2.73 bits per heavy atom. The van der Waals surface area contributed by atoms with Gasteiger partial charge in [-0.15, -0.1) is 0 Å². The van der Waals surface area contributed by atoms with E-state index in [-0.39, 0.29) is 5.82 Å². The molecule has 0 saturated heterocycles. The second-order valence-corrected chi connectivity index (χ2v) is 4.41. The Kier molecular flexibility index (Phi) is 2.01. The van der Waals surface area contributed by atoms with E-state index in [0.29, 0.717) is 5.92 Å². The zero-order chi connectivity index (χ0) is 10.3. The summed E-state index contributed by atoms with van der Waals surface area (Å²) in [6, 6.07) is 7.21. The van der Waals surface area contributed by atoms with E-state index < -0.39 is 0 Å². The van der Waals surface area contributed by atoms with Gasteiger partial charge in [0.25, 0.3) is 0 Å². The first-order valence-electron chi connectivity index (χ1n) is 5.62. The Morgan fingerprint density at radius 1 is 1.20 bits per heavy atom. The van der Waals surface area contributed by atoms with Crippen molar-refractivity contribution in [1.82, 2.24) is 4.98 Å². The molecule has 1 aliphatic carbocycles. The van der Waals surface area contributed by atoms with Crippen molar-refractivity contribution in [2.45, 2.75) is 31.6 Å². The second kappa shape index (κ2) is 3.37. The van der Waals surface area contributed by atoms with Gasteiger partial charge in [0, 0.05) is 16.6 Å². The number of nitrogens with one attached hydrogen (secondary N) is 1. The molecule has 0 spiro atoms. The first-order valence-corrected chi connectivity index (χ1v) is 5.62. The normalized spacial score (nSPS) is 17.7. The van der Waals surface area contributed by atoms with Crippen LogP contribution in [-0.4, -0.2) is 4.98 Å². The van der Waals surface area contributed by atoms with E-state index >= 15 is 0 Å². The predicted molar refractivity (Wildman–Crippen MR) is 59.5 cm³/mol. The number of hydrogen-bond donors (Lipinski definition) is 1. The van der Waals surface area contributed by atoms with Crippen LogP contribution in [0.25, 0.3) is 10.9 Å². The van der Waals surface area contributed by atoms with Crippen molar-refractivity contribution in [2.75, 3.05) is 0 Å². The zero-order valence-electron chi connectivity index (χ0n) is 8.59. The molecule has 1 heterocycles. The van der Waals surface area contributed by atoms with Crippen molar-refractivity contribution in [1.29, 1.82) is 0 Å². The third kappa shape index (κ3) is 1.44. The minimum absolute atomic E-state index is 0.118. The quantitative estimate of drug-likeness (QED) is 0.722. The van der Waals surface area contributed by atoms with E-state index in [1.165, 1.54) is 37.4 Å². The van der Waals surface area contributed by atoms with Gasteiger partial charge in [0.15, 0.2) is 0 Å². The highest BCUT2D eigenvalue weighted by molar-refractivity contribution is 5.81. The highest BCUT2D eigenvalue weighted by Gasteiger charge is 2.19. The molecule has 0 unspecified atom stereocenters. The molecule has 0 radical (unpaired) electrons. The van der Waals surface area contributed by atoms with Crippen molar-refractivity contribution in [3.8, 4) is 0 Å². The van der Waals surface area contributed by atoms with E-state index in [1.807, 2.05) is 12.1 Å². The van der Waals surface area contributed by atoms with Gasteiger partial charge in [-0.25, -0.2) is 4.39 Å². The van der Waals surface area contributed by atoms with Gasteiger partial charge in [-0.05, 0) is 37.0 Å². The van der Waals surface area contributed by atoms with Crippen molar-refractivity contribution in [2.24, 2.45) is 0 Å². The van der Waals surface area contributed by atoms with Crippen molar-refractivity contribution in [3.63, 3.8) is 0 Å². The summed E-state index contributed by atoms with van der Waals surface area (Å²) in [6.07, 6.45) is 5.11. The van der Waals surface area contributed by atoms with Crippen LogP contribution in [0, 0.1) is 5.82 Å². The highest BCUT2D eigenvalue weighted by atomic mass is 19.1. The van der Waals surface area contributed by atoms with Gasteiger partial charge >= 0.3 is 0 Å². The maximum Gasteiger partial charge on any atom is 0.132 e. The van der Waals surface area contributed by atoms with Crippen molar-refractivity contribution < 1.29 is 4.39 Å². The molecule has 1 N–H and O–H groups in total. The molecule has 78 valence electrons. The van der Waals surface area contributed by atoms with Gasteiger partial charge in [0.1, 0.15) is 5.82 Å². The van der Waals surface area contributed by atoms with Crippen LogP contribution >= 0.6 is 0 Å². The van der Waals surface area contributed by atoms with Gasteiger partial charge in [-0.3, -0.25) is 0 Å². The molecule has 0 aliphatic heterocycles. The molecular weight excluding hydrogens is 189 g/mol. The number of hydrogen-bond acceptors (Lipinski definition) is 0. The lowest BCUT2D eigenvalue weighted by Crippen LogP contribution is -1.90. The zero-order valence-corrected chi connectivity index (χ0v) is 8.59. The number of fused-ring (bicyclic) bond motifs is 1. The van der Waals surface area contributed by atoms with E-state index in [2.05, 4.69) is 4.98 Å². The van der Waals surface area contributed by atoms with E-state index in [9.17, 15) is 4.39 Å². The Morgan fingerprint density at radius 2 is 2.00 bits per heavy atom. The number of rotatable bonds is 1. The maximum atomic E-state index is 13.5. The first kappa shape index (κ1) is 8.96. The van der Waals surface area contributed by atoms with Crippen molar-refractivity contribution >= 4 is 10.9 Å². The second-order valence-electron chi connectivity index (χ2n) is 4.41. The Bertz CT molecular complexity index is 480. The molecule has 1 aromatic carbocycles. The van der Waals surface area contributed by atoms with Crippen LogP contribution in [0.15, 0.2) is 24.3 Å². The lowest BCUT2D eigenvalue weighted by molar-refractivity contribution is 0.640. The summed E-state index contributed by atoms with van der Waals surface area (Å²) in [7, 11) is 0. The van der Waals surface area contributed by atoms with Crippen LogP contribution in [-0.2, 0) is 0 Å². The molecule has 1 aromatic heterocycles. The molecule has 2 heteroatoms. The Balaban J connectivity index is 2.09. The average molecular weight is 203 g/mol. The van der Waals surface area contributed by atoms with Crippen molar-refractivity contribution in [3.05, 3.63) is 35.8 Å². The lowest BCUT2D eigenvalue weighted by Gasteiger charge is -2.04. The molecule has 1 aliphatic rings. The summed E-state index contributed by atoms with van der Waals surface area (Å²) in [5.41, 5.74) is 2.14. The molecule has 1 nitrogen and oxygen atoms in total. The molecule has 0 bridgehead atoms. The predicted octanol–water partition coefficient (Wildman–Crippen LogP) is 3.96. The summed E-state index contributed by atoms with van der Waals surface area (Å²) in [5.74, 6) is 0.504. The SMILES string of the molecule is Fc1cccc2[nH]c(C3CCCC3)cc12. The van der Waals surface area contributed by atoms with Gasteiger partial charge in [-0.1, -0.05) is 18.9 Å².